The second kappa shape index (κ2) is 7.16. The van der Waals surface area contributed by atoms with E-state index in [4.69, 9.17) is 10.2 Å². The highest BCUT2D eigenvalue weighted by Crippen LogP contribution is 2.22. The van der Waals surface area contributed by atoms with Gasteiger partial charge in [0.2, 0.25) is 5.95 Å². The molecule has 1 aromatic carbocycles. The molecule has 0 amide bonds. The lowest BCUT2D eigenvalue weighted by Crippen LogP contribution is -2.28. The number of hydrogen-bond donors (Lipinski definition) is 4. The summed E-state index contributed by atoms with van der Waals surface area (Å²) in [5.41, 5.74) is 3.16. The molecule has 0 fully saturated rings. The number of nitrogens with one attached hydrogen (secondary N) is 2. The highest BCUT2D eigenvalue weighted by Gasteiger charge is 2.11. The first kappa shape index (κ1) is 16.0. The van der Waals surface area contributed by atoms with E-state index < -0.39 is 6.04 Å². The number of aromatic nitrogens is 4. The fourth-order valence-corrected chi connectivity index (χ4v) is 2.21. The number of fused-ring (bicyclic) bond motifs is 1. The van der Waals surface area contributed by atoms with E-state index in [1.807, 2.05) is 31.2 Å². The molecule has 24 heavy (non-hydrogen) atoms. The van der Waals surface area contributed by atoms with Crippen LogP contribution in [0.3, 0.4) is 0 Å². The summed E-state index contributed by atoms with van der Waals surface area (Å²) in [4.78, 5) is 17.0. The molecule has 0 saturated carbocycles. The minimum absolute atomic E-state index is 0.225. The lowest BCUT2D eigenvalue weighted by Gasteiger charge is -2.14. The average molecular weight is 326 g/mol. The smallest absolute Gasteiger partial charge is 0.223 e. The normalized spacial score (nSPS) is 11.0. The zero-order chi connectivity index (χ0) is 16.9. The number of rotatable bonds is 6. The predicted octanol–water partition coefficient (Wildman–Crippen LogP) is 1.24. The largest absolute Gasteiger partial charge is 0.394 e. The molecule has 3 aromatic rings. The van der Waals surface area contributed by atoms with Crippen LogP contribution in [0.4, 0.5) is 17.5 Å². The van der Waals surface area contributed by atoms with E-state index in [0.717, 1.165) is 11.3 Å². The fraction of sp³-hybridized carbons (Fsp3) is 0.250. The van der Waals surface area contributed by atoms with Crippen LogP contribution in [0.1, 0.15) is 5.56 Å². The van der Waals surface area contributed by atoms with Gasteiger partial charge in [0, 0.05) is 5.69 Å². The summed E-state index contributed by atoms with van der Waals surface area (Å²) in [6, 6.07) is 7.38. The molecule has 2 heterocycles. The van der Waals surface area contributed by atoms with E-state index in [1.165, 1.54) is 6.33 Å². The minimum Gasteiger partial charge on any atom is -0.394 e. The van der Waals surface area contributed by atoms with Gasteiger partial charge < -0.3 is 20.8 Å². The molecule has 0 aliphatic rings. The number of nitrogens with zero attached hydrogens (tertiary/aromatic N) is 4. The van der Waals surface area contributed by atoms with E-state index in [-0.39, 0.29) is 19.2 Å². The van der Waals surface area contributed by atoms with Gasteiger partial charge in [-0.3, -0.25) is 0 Å². The minimum atomic E-state index is -0.528. The van der Waals surface area contributed by atoms with Crippen molar-refractivity contribution in [3.8, 4) is 0 Å². The summed E-state index contributed by atoms with van der Waals surface area (Å²) in [5.74, 6) is 0.846. The monoisotopic (exact) mass is 326 g/mol. The van der Waals surface area contributed by atoms with E-state index >= 15 is 0 Å². The molecule has 0 aliphatic heterocycles. The average Bonchev–Trinajstić information content (AvgIpc) is 2.60. The van der Waals surface area contributed by atoms with Gasteiger partial charge in [-0.25, -0.2) is 19.9 Å². The lowest BCUT2D eigenvalue weighted by molar-refractivity contribution is 0.203. The first-order valence-corrected chi connectivity index (χ1v) is 7.49. The van der Waals surface area contributed by atoms with Gasteiger partial charge in [0.15, 0.2) is 5.82 Å². The summed E-state index contributed by atoms with van der Waals surface area (Å²) >= 11 is 0. The van der Waals surface area contributed by atoms with Crippen molar-refractivity contribution in [2.75, 3.05) is 23.8 Å². The van der Waals surface area contributed by atoms with Gasteiger partial charge in [0.25, 0.3) is 0 Å². The van der Waals surface area contributed by atoms with Crippen LogP contribution >= 0.6 is 0 Å². The molecule has 8 nitrogen and oxygen atoms in total. The summed E-state index contributed by atoms with van der Waals surface area (Å²) < 4.78 is 0. The third-order valence-corrected chi connectivity index (χ3v) is 3.43. The first-order chi connectivity index (χ1) is 11.7. The Bertz CT molecular complexity index is 838. The number of hydrogen-bond acceptors (Lipinski definition) is 8. The van der Waals surface area contributed by atoms with Gasteiger partial charge in [-0.1, -0.05) is 12.1 Å². The van der Waals surface area contributed by atoms with Crippen molar-refractivity contribution >= 4 is 28.5 Å². The molecule has 3 rings (SSSR count). The molecule has 0 unspecified atom stereocenters. The quantitative estimate of drug-likeness (QED) is 0.534. The van der Waals surface area contributed by atoms with E-state index in [9.17, 15) is 0 Å². The third-order valence-electron chi connectivity index (χ3n) is 3.43. The molecule has 124 valence electrons. The van der Waals surface area contributed by atoms with Crippen LogP contribution in [0.25, 0.3) is 11.0 Å². The van der Waals surface area contributed by atoms with Crippen molar-refractivity contribution in [2.24, 2.45) is 0 Å². The van der Waals surface area contributed by atoms with Crippen LogP contribution in [-0.2, 0) is 0 Å². The van der Waals surface area contributed by atoms with Gasteiger partial charge >= 0.3 is 0 Å². The van der Waals surface area contributed by atoms with Gasteiger partial charge in [-0.2, -0.15) is 0 Å². The SMILES string of the molecule is Cc1cccc(Nc2ncnc3cnc(NC(CO)CO)nc23)c1. The molecule has 8 heteroatoms. The molecule has 0 saturated heterocycles. The van der Waals surface area contributed by atoms with E-state index in [1.54, 1.807) is 6.20 Å². The van der Waals surface area contributed by atoms with Crippen LogP contribution < -0.4 is 10.6 Å². The number of aryl methyl sites for hydroxylation is 1. The Labute approximate surface area is 138 Å². The molecule has 0 aliphatic carbocycles. The zero-order valence-corrected chi connectivity index (χ0v) is 13.1. The summed E-state index contributed by atoms with van der Waals surface area (Å²) in [5, 5.41) is 24.4. The molecule has 0 bridgehead atoms. The number of aliphatic hydroxyl groups excluding tert-OH is 2. The van der Waals surface area contributed by atoms with Crippen molar-refractivity contribution in [1.29, 1.82) is 0 Å². The Morgan fingerprint density at radius 2 is 1.96 bits per heavy atom. The Hall–Kier alpha value is -2.84. The molecule has 0 radical (unpaired) electrons. The van der Waals surface area contributed by atoms with Gasteiger partial charge in [-0.15, -0.1) is 0 Å². The number of benzene rings is 1. The maximum atomic E-state index is 9.16. The highest BCUT2D eigenvalue weighted by atomic mass is 16.3. The number of anilines is 3. The van der Waals surface area contributed by atoms with E-state index in [2.05, 4.69) is 30.6 Å². The van der Waals surface area contributed by atoms with Crippen molar-refractivity contribution in [2.45, 2.75) is 13.0 Å². The molecule has 4 N–H and O–H groups in total. The maximum Gasteiger partial charge on any atom is 0.223 e. The highest BCUT2D eigenvalue weighted by molar-refractivity contribution is 5.87. The van der Waals surface area contributed by atoms with Crippen molar-refractivity contribution in [1.82, 2.24) is 19.9 Å². The Balaban J connectivity index is 1.95. The first-order valence-electron chi connectivity index (χ1n) is 7.49. The molecule has 2 aromatic heterocycles. The van der Waals surface area contributed by atoms with Crippen LogP contribution in [0, 0.1) is 6.92 Å². The Kier molecular flexibility index (Phi) is 4.78. The van der Waals surface area contributed by atoms with Gasteiger partial charge in [0.1, 0.15) is 17.4 Å². The van der Waals surface area contributed by atoms with Crippen molar-refractivity contribution in [3.05, 3.63) is 42.4 Å². The van der Waals surface area contributed by atoms with Crippen LogP contribution in [0.15, 0.2) is 36.8 Å². The lowest BCUT2D eigenvalue weighted by atomic mass is 10.2. The molecule has 0 spiro atoms. The van der Waals surface area contributed by atoms with Crippen molar-refractivity contribution in [3.63, 3.8) is 0 Å². The topological polar surface area (TPSA) is 116 Å². The van der Waals surface area contributed by atoms with Gasteiger partial charge in [-0.05, 0) is 24.6 Å². The van der Waals surface area contributed by atoms with Crippen LogP contribution in [0.2, 0.25) is 0 Å². The third kappa shape index (κ3) is 3.55. The molecular weight excluding hydrogens is 308 g/mol. The van der Waals surface area contributed by atoms with Crippen LogP contribution in [-0.4, -0.2) is 49.4 Å². The second-order valence-electron chi connectivity index (χ2n) is 5.35. The maximum absolute atomic E-state index is 9.16. The fourth-order valence-electron chi connectivity index (χ4n) is 2.21. The van der Waals surface area contributed by atoms with Crippen molar-refractivity contribution < 1.29 is 10.2 Å². The second-order valence-corrected chi connectivity index (χ2v) is 5.35. The molecular formula is C16H18N6O2. The van der Waals surface area contributed by atoms with Crippen LogP contribution in [0.5, 0.6) is 0 Å². The van der Waals surface area contributed by atoms with E-state index in [0.29, 0.717) is 16.9 Å². The number of aliphatic hydroxyl groups is 2. The Morgan fingerprint density at radius 3 is 2.71 bits per heavy atom. The Morgan fingerprint density at radius 1 is 1.12 bits per heavy atom. The molecule has 0 atom stereocenters. The summed E-state index contributed by atoms with van der Waals surface area (Å²) in [6.07, 6.45) is 3.01. The summed E-state index contributed by atoms with van der Waals surface area (Å²) in [7, 11) is 0. The van der Waals surface area contributed by atoms with Gasteiger partial charge in [0.05, 0.1) is 25.5 Å². The standard InChI is InChI=1S/C16H18N6O2/c1-10-3-2-4-11(5-10)20-15-14-13(18-9-19-15)6-17-16(22-14)21-12(7-23)8-24/h2-6,9,12,23-24H,7-8H2,1H3,(H,17,21,22)(H,18,19,20). The predicted molar refractivity (Wildman–Crippen MR) is 91.2 cm³/mol. The zero-order valence-electron chi connectivity index (χ0n) is 13.1. The summed E-state index contributed by atoms with van der Waals surface area (Å²) in [6.45, 7) is 1.56.